The van der Waals surface area contributed by atoms with Gasteiger partial charge in [-0.3, -0.25) is 0 Å². The summed E-state index contributed by atoms with van der Waals surface area (Å²) in [4.78, 5) is 0. The van der Waals surface area contributed by atoms with E-state index in [1.165, 1.54) is 12.1 Å². The number of likely N-dealkylation sites (N-methyl/N-ethyl adjacent to an activating group) is 1. The summed E-state index contributed by atoms with van der Waals surface area (Å²) in [6.45, 7) is 0.462. The predicted molar refractivity (Wildman–Crippen MR) is 75.1 cm³/mol. The number of benzene rings is 2. The predicted octanol–water partition coefficient (Wildman–Crippen LogP) is 3.82. The van der Waals surface area contributed by atoms with Gasteiger partial charge in [-0.1, -0.05) is 23.7 Å². The van der Waals surface area contributed by atoms with E-state index in [1.807, 2.05) is 19.2 Å². The van der Waals surface area contributed by atoms with Crippen molar-refractivity contribution in [2.75, 3.05) is 13.7 Å². The second-order valence-electron chi connectivity index (χ2n) is 4.16. The minimum absolute atomic E-state index is 0.0104. The quantitative estimate of drug-likeness (QED) is 0.898. The van der Waals surface area contributed by atoms with Crippen molar-refractivity contribution in [3.05, 3.63) is 64.9 Å². The molecule has 2 nitrogen and oxygen atoms in total. The molecule has 2 aromatic carbocycles. The van der Waals surface area contributed by atoms with Gasteiger partial charge in [0.1, 0.15) is 18.2 Å². The van der Waals surface area contributed by atoms with E-state index in [4.69, 9.17) is 16.3 Å². The van der Waals surface area contributed by atoms with Gasteiger partial charge in [0.25, 0.3) is 0 Å². The summed E-state index contributed by atoms with van der Waals surface area (Å²) in [5, 5.41) is 3.82. The Labute approximate surface area is 117 Å². The van der Waals surface area contributed by atoms with Gasteiger partial charge in [-0.25, -0.2) is 4.39 Å². The average Bonchev–Trinajstić information content (AvgIpc) is 2.43. The highest BCUT2D eigenvalue weighted by Crippen LogP contribution is 2.18. The van der Waals surface area contributed by atoms with Crippen LogP contribution in [0.15, 0.2) is 48.5 Å². The van der Waals surface area contributed by atoms with E-state index in [-0.39, 0.29) is 11.9 Å². The number of hydrogen-bond donors (Lipinski definition) is 1. The molecular formula is C15H15ClFNO. The van der Waals surface area contributed by atoms with Gasteiger partial charge in [0.2, 0.25) is 0 Å². The van der Waals surface area contributed by atoms with E-state index in [0.717, 1.165) is 11.3 Å². The first-order valence-electron chi connectivity index (χ1n) is 6.00. The summed E-state index contributed by atoms with van der Waals surface area (Å²) in [5.74, 6) is 0.518. The first-order valence-corrected chi connectivity index (χ1v) is 6.38. The normalized spacial score (nSPS) is 12.2. The standard InChI is InChI=1S/C15H15ClFNO/c1-18-15(11-2-6-13(17)7-3-11)10-19-14-8-4-12(16)5-9-14/h2-9,15,18H,10H2,1H3. The summed E-state index contributed by atoms with van der Waals surface area (Å²) in [6, 6.07) is 13.6. The third-order valence-corrected chi connectivity index (χ3v) is 3.10. The average molecular weight is 280 g/mol. The Morgan fingerprint density at radius 1 is 1.11 bits per heavy atom. The molecule has 1 N–H and O–H groups in total. The second kappa shape index (κ2) is 6.55. The van der Waals surface area contributed by atoms with Crippen molar-refractivity contribution in [2.45, 2.75) is 6.04 Å². The van der Waals surface area contributed by atoms with Gasteiger partial charge in [0.05, 0.1) is 6.04 Å². The van der Waals surface area contributed by atoms with E-state index in [0.29, 0.717) is 11.6 Å². The third kappa shape index (κ3) is 3.94. The molecule has 0 heterocycles. The number of nitrogens with one attached hydrogen (secondary N) is 1. The van der Waals surface area contributed by atoms with Crippen LogP contribution in [0.3, 0.4) is 0 Å². The van der Waals surface area contributed by atoms with Crippen LogP contribution in [0.2, 0.25) is 5.02 Å². The van der Waals surface area contributed by atoms with E-state index < -0.39 is 0 Å². The number of hydrogen-bond acceptors (Lipinski definition) is 2. The maximum absolute atomic E-state index is 12.9. The molecule has 19 heavy (non-hydrogen) atoms. The van der Waals surface area contributed by atoms with E-state index in [2.05, 4.69) is 5.32 Å². The first kappa shape index (κ1) is 13.8. The summed E-state index contributed by atoms with van der Waals surface area (Å²) in [6.07, 6.45) is 0. The molecule has 2 aromatic rings. The lowest BCUT2D eigenvalue weighted by Gasteiger charge is -2.17. The van der Waals surface area contributed by atoms with Crippen molar-refractivity contribution < 1.29 is 9.13 Å². The molecule has 0 saturated carbocycles. The van der Waals surface area contributed by atoms with Crippen molar-refractivity contribution in [3.8, 4) is 5.75 Å². The number of rotatable bonds is 5. The molecule has 0 aliphatic carbocycles. The Bertz CT molecular complexity index is 513. The molecule has 0 radical (unpaired) electrons. The zero-order valence-corrected chi connectivity index (χ0v) is 11.3. The topological polar surface area (TPSA) is 21.3 Å². The molecule has 0 amide bonds. The monoisotopic (exact) mass is 279 g/mol. The highest BCUT2D eigenvalue weighted by molar-refractivity contribution is 6.30. The molecule has 0 bridgehead atoms. The molecule has 1 atom stereocenters. The first-order chi connectivity index (χ1) is 9.19. The van der Waals surface area contributed by atoms with Crippen molar-refractivity contribution in [3.63, 3.8) is 0 Å². The lowest BCUT2D eigenvalue weighted by Crippen LogP contribution is -2.23. The highest BCUT2D eigenvalue weighted by Gasteiger charge is 2.10. The van der Waals surface area contributed by atoms with Gasteiger partial charge >= 0.3 is 0 Å². The van der Waals surface area contributed by atoms with Crippen LogP contribution in [0.1, 0.15) is 11.6 Å². The van der Waals surface area contributed by atoms with E-state index in [9.17, 15) is 4.39 Å². The second-order valence-corrected chi connectivity index (χ2v) is 4.59. The Hall–Kier alpha value is -1.58. The summed E-state index contributed by atoms with van der Waals surface area (Å²) < 4.78 is 18.6. The molecule has 0 spiro atoms. The van der Waals surface area contributed by atoms with Crippen LogP contribution in [0.5, 0.6) is 5.75 Å². The minimum Gasteiger partial charge on any atom is -0.492 e. The molecular weight excluding hydrogens is 265 g/mol. The van der Waals surface area contributed by atoms with Crippen LogP contribution in [0.4, 0.5) is 4.39 Å². The zero-order chi connectivity index (χ0) is 13.7. The maximum Gasteiger partial charge on any atom is 0.123 e. The molecule has 2 rings (SSSR count). The fourth-order valence-electron chi connectivity index (χ4n) is 1.75. The van der Waals surface area contributed by atoms with Crippen LogP contribution in [0.25, 0.3) is 0 Å². The minimum atomic E-state index is -0.239. The van der Waals surface area contributed by atoms with Gasteiger partial charge < -0.3 is 10.1 Å². The van der Waals surface area contributed by atoms with Crippen molar-refractivity contribution in [1.82, 2.24) is 5.32 Å². The van der Waals surface area contributed by atoms with Gasteiger partial charge in [0, 0.05) is 5.02 Å². The lowest BCUT2D eigenvalue weighted by atomic mass is 10.1. The van der Waals surface area contributed by atoms with Crippen LogP contribution >= 0.6 is 11.6 Å². The third-order valence-electron chi connectivity index (χ3n) is 2.85. The molecule has 0 fully saturated rings. The Morgan fingerprint density at radius 3 is 2.32 bits per heavy atom. The molecule has 100 valence electrons. The van der Waals surface area contributed by atoms with Crippen LogP contribution in [-0.2, 0) is 0 Å². The van der Waals surface area contributed by atoms with Crippen LogP contribution in [0, 0.1) is 5.82 Å². The SMILES string of the molecule is CNC(COc1ccc(Cl)cc1)c1ccc(F)cc1. The van der Waals surface area contributed by atoms with Crippen LogP contribution < -0.4 is 10.1 Å². The molecule has 0 aromatic heterocycles. The van der Waals surface area contributed by atoms with Crippen molar-refractivity contribution >= 4 is 11.6 Å². The van der Waals surface area contributed by atoms with Gasteiger partial charge in [-0.05, 0) is 49.0 Å². The number of ether oxygens (including phenoxy) is 1. The number of halogens is 2. The van der Waals surface area contributed by atoms with E-state index in [1.54, 1.807) is 24.3 Å². The van der Waals surface area contributed by atoms with Gasteiger partial charge in [0.15, 0.2) is 0 Å². The van der Waals surface area contributed by atoms with E-state index >= 15 is 0 Å². The largest absolute Gasteiger partial charge is 0.492 e. The Kier molecular flexibility index (Phi) is 4.77. The summed E-state index contributed by atoms with van der Waals surface area (Å²) in [7, 11) is 1.85. The molecule has 1 unspecified atom stereocenters. The molecule has 0 aliphatic rings. The molecule has 0 saturated heterocycles. The fourth-order valence-corrected chi connectivity index (χ4v) is 1.88. The molecule has 0 aliphatic heterocycles. The Balaban J connectivity index is 1.99. The zero-order valence-electron chi connectivity index (χ0n) is 10.6. The van der Waals surface area contributed by atoms with Crippen molar-refractivity contribution in [2.24, 2.45) is 0 Å². The maximum atomic E-state index is 12.9. The highest BCUT2D eigenvalue weighted by atomic mass is 35.5. The van der Waals surface area contributed by atoms with Gasteiger partial charge in [-0.15, -0.1) is 0 Å². The lowest BCUT2D eigenvalue weighted by molar-refractivity contribution is 0.273. The Morgan fingerprint density at radius 2 is 1.74 bits per heavy atom. The smallest absolute Gasteiger partial charge is 0.123 e. The van der Waals surface area contributed by atoms with Crippen LogP contribution in [-0.4, -0.2) is 13.7 Å². The summed E-state index contributed by atoms with van der Waals surface area (Å²) >= 11 is 5.81. The molecule has 4 heteroatoms. The van der Waals surface area contributed by atoms with Gasteiger partial charge in [-0.2, -0.15) is 0 Å². The van der Waals surface area contributed by atoms with Crippen molar-refractivity contribution in [1.29, 1.82) is 0 Å². The fraction of sp³-hybridized carbons (Fsp3) is 0.200. The summed E-state index contributed by atoms with van der Waals surface area (Å²) in [5.41, 5.74) is 0.984.